The van der Waals surface area contributed by atoms with Crippen LogP contribution in [0.5, 0.6) is 0 Å². The summed E-state index contributed by atoms with van der Waals surface area (Å²) in [7, 11) is 0. The summed E-state index contributed by atoms with van der Waals surface area (Å²) in [6.07, 6.45) is -0.343. The topological polar surface area (TPSA) is 96.0 Å². The molecule has 0 rings (SSSR count). The van der Waals surface area contributed by atoms with E-state index in [4.69, 9.17) is 4.89 Å². The molecule has 0 saturated heterocycles. The smallest absolute Gasteiger partial charge is 0.349 e. The number of carbonyl (C=O) groups is 4. The Balaban J connectivity index is -0.000000326. The van der Waals surface area contributed by atoms with Crippen LogP contribution < -0.4 is 0 Å². The Morgan fingerprint density at radius 1 is 0.864 bits per heavy atom. The van der Waals surface area contributed by atoms with Crippen molar-refractivity contribution in [2.45, 2.75) is 60.0 Å². The zero-order valence-electron chi connectivity index (χ0n) is 14.0. The molecule has 0 unspecified atom stereocenters. The van der Waals surface area contributed by atoms with E-state index < -0.39 is 17.5 Å². The fraction of sp³-hybridized carbons (Fsp3) is 0.714. The molecule has 126 valence electrons. The molecule has 0 aromatic heterocycles. The average molecular weight is 352 g/mol. The van der Waals surface area contributed by atoms with Gasteiger partial charge in [0.2, 0.25) is 0 Å². The van der Waals surface area contributed by atoms with Crippen LogP contribution >= 0.6 is 0 Å². The van der Waals surface area contributed by atoms with Gasteiger partial charge in [-0.25, -0.2) is 4.79 Å². The van der Waals surface area contributed by atoms with Crippen molar-refractivity contribution in [2.75, 3.05) is 6.61 Å². The third-order valence-electron chi connectivity index (χ3n) is 1.48. The number of hydrogen-bond acceptors (Lipinski definition) is 7. The minimum Gasteiger partial charge on any atom is -0.466 e. The molecule has 0 radical (unpaired) electrons. The minimum atomic E-state index is -0.655. The van der Waals surface area contributed by atoms with Crippen LogP contribution in [0.25, 0.3) is 0 Å². The normalized spacial score (nSPS) is 9.55. The number of ketones is 2. The Labute approximate surface area is 145 Å². The Morgan fingerprint density at radius 3 is 1.59 bits per heavy atom. The molecule has 0 aromatic carbocycles. The van der Waals surface area contributed by atoms with Crippen molar-refractivity contribution < 1.29 is 55.4 Å². The second-order valence-corrected chi connectivity index (χ2v) is 5.21. The van der Waals surface area contributed by atoms with Crippen molar-refractivity contribution in [2.24, 2.45) is 0 Å². The molecule has 0 aliphatic carbocycles. The standard InChI is InChI=1S/C8H14O4.C6H10O3.Ti/c1-6(9)5-7(10)11-12-8(2,3)4;1-3-9-6(8)4-5(2)7;/h5H2,1-4H3;3-4H2,1-2H3;. The summed E-state index contributed by atoms with van der Waals surface area (Å²) in [6, 6.07) is 0. The van der Waals surface area contributed by atoms with Gasteiger partial charge in [0.15, 0.2) is 0 Å². The first-order valence-electron chi connectivity index (χ1n) is 6.51. The Kier molecular flexibility index (Phi) is 16.0. The molecule has 7 nitrogen and oxygen atoms in total. The number of hydrogen-bond donors (Lipinski definition) is 0. The zero-order chi connectivity index (χ0) is 17.1. The monoisotopic (exact) mass is 352 g/mol. The maximum atomic E-state index is 10.7. The minimum absolute atomic E-state index is 0. The third-order valence-corrected chi connectivity index (χ3v) is 1.48. The summed E-state index contributed by atoms with van der Waals surface area (Å²) in [5, 5.41) is 0. The Bertz CT molecular complexity index is 372. The van der Waals surface area contributed by atoms with E-state index in [1.807, 2.05) is 0 Å². The molecule has 8 heteroatoms. The van der Waals surface area contributed by atoms with E-state index in [9.17, 15) is 19.2 Å². The summed E-state index contributed by atoms with van der Waals surface area (Å²) in [6.45, 7) is 9.95. The molecule has 0 aliphatic heterocycles. The van der Waals surface area contributed by atoms with Crippen LogP contribution in [0.15, 0.2) is 0 Å². The van der Waals surface area contributed by atoms with Crippen LogP contribution in [-0.2, 0) is 55.4 Å². The van der Waals surface area contributed by atoms with E-state index in [1.165, 1.54) is 13.8 Å². The predicted molar refractivity (Wildman–Crippen MR) is 74.2 cm³/mol. The predicted octanol–water partition coefficient (Wildman–Crippen LogP) is 1.76. The van der Waals surface area contributed by atoms with E-state index in [0.29, 0.717) is 6.61 Å². The van der Waals surface area contributed by atoms with Gasteiger partial charge in [-0.05, 0) is 41.5 Å². The van der Waals surface area contributed by atoms with Crippen LogP contribution in [-0.4, -0.2) is 35.7 Å². The fourth-order valence-electron chi connectivity index (χ4n) is 0.819. The molecule has 0 spiro atoms. The van der Waals surface area contributed by atoms with Gasteiger partial charge in [0, 0.05) is 21.7 Å². The molecule has 0 bridgehead atoms. The second kappa shape index (κ2) is 13.6. The van der Waals surface area contributed by atoms with Gasteiger partial charge in [0.1, 0.15) is 30.0 Å². The summed E-state index contributed by atoms with van der Waals surface area (Å²) >= 11 is 0. The zero-order valence-corrected chi connectivity index (χ0v) is 15.5. The van der Waals surface area contributed by atoms with Gasteiger partial charge in [-0.15, -0.1) is 0 Å². The largest absolute Gasteiger partial charge is 0.466 e. The Hall–Kier alpha value is -1.05. The SMILES string of the molecule is CC(=O)CC(=O)OOC(C)(C)C.CCOC(=O)CC(C)=O.[Ti]. The molecule has 0 aromatic rings. The van der Waals surface area contributed by atoms with E-state index >= 15 is 0 Å². The van der Waals surface area contributed by atoms with Crippen LogP contribution in [0.2, 0.25) is 0 Å². The second-order valence-electron chi connectivity index (χ2n) is 5.21. The first-order chi connectivity index (χ1) is 9.47. The van der Waals surface area contributed by atoms with E-state index in [0.717, 1.165) is 0 Å². The first-order valence-corrected chi connectivity index (χ1v) is 6.51. The number of carbonyl (C=O) groups excluding carboxylic acids is 4. The van der Waals surface area contributed by atoms with Crippen molar-refractivity contribution in [3.8, 4) is 0 Å². The van der Waals surface area contributed by atoms with Crippen LogP contribution in [0, 0.1) is 0 Å². The van der Waals surface area contributed by atoms with Gasteiger partial charge in [0.05, 0.1) is 6.61 Å². The van der Waals surface area contributed by atoms with Gasteiger partial charge in [-0.1, -0.05) is 0 Å². The van der Waals surface area contributed by atoms with E-state index in [-0.39, 0.29) is 46.1 Å². The van der Waals surface area contributed by atoms with Crippen molar-refractivity contribution >= 4 is 23.5 Å². The van der Waals surface area contributed by atoms with Crippen molar-refractivity contribution in [1.29, 1.82) is 0 Å². The van der Waals surface area contributed by atoms with Crippen LogP contribution in [0.3, 0.4) is 0 Å². The quantitative estimate of drug-likeness (QED) is 0.236. The van der Waals surface area contributed by atoms with E-state index in [1.54, 1.807) is 27.7 Å². The molecule has 0 fully saturated rings. The van der Waals surface area contributed by atoms with Crippen molar-refractivity contribution in [3.63, 3.8) is 0 Å². The molecule has 0 saturated carbocycles. The van der Waals surface area contributed by atoms with Gasteiger partial charge in [0.25, 0.3) is 0 Å². The molecule has 0 aliphatic rings. The maximum Gasteiger partial charge on any atom is 0.349 e. The molecule has 22 heavy (non-hydrogen) atoms. The molecule has 0 amide bonds. The van der Waals surface area contributed by atoms with Crippen molar-refractivity contribution in [1.82, 2.24) is 0 Å². The third kappa shape index (κ3) is 24.0. The molecule has 0 atom stereocenters. The molecular weight excluding hydrogens is 328 g/mol. The van der Waals surface area contributed by atoms with Gasteiger partial charge in [-0.2, -0.15) is 4.89 Å². The summed E-state index contributed by atoms with van der Waals surface area (Å²) < 4.78 is 4.49. The molecule has 0 heterocycles. The summed E-state index contributed by atoms with van der Waals surface area (Å²) in [5.74, 6) is -1.49. The Morgan fingerprint density at radius 2 is 1.27 bits per heavy atom. The summed E-state index contributed by atoms with van der Waals surface area (Å²) in [4.78, 5) is 50.8. The van der Waals surface area contributed by atoms with Gasteiger partial charge in [-0.3, -0.25) is 19.3 Å². The summed E-state index contributed by atoms with van der Waals surface area (Å²) in [5.41, 5.74) is -0.535. The van der Waals surface area contributed by atoms with E-state index in [2.05, 4.69) is 9.62 Å². The molecular formula is C14H24O7Ti. The van der Waals surface area contributed by atoms with Crippen LogP contribution in [0.4, 0.5) is 0 Å². The van der Waals surface area contributed by atoms with Crippen LogP contribution in [0.1, 0.15) is 54.4 Å². The number of rotatable bonds is 6. The number of Topliss-reactive ketones (excluding diaryl/α,β-unsaturated/α-hetero) is 2. The first kappa shape index (κ1) is 25.9. The molecule has 0 N–H and O–H groups in total. The maximum absolute atomic E-state index is 10.7. The van der Waals surface area contributed by atoms with Gasteiger partial charge >= 0.3 is 11.9 Å². The number of esters is 1. The fourth-order valence-corrected chi connectivity index (χ4v) is 0.819. The number of ether oxygens (including phenoxy) is 1. The van der Waals surface area contributed by atoms with Crippen molar-refractivity contribution in [3.05, 3.63) is 0 Å². The average Bonchev–Trinajstić information content (AvgIpc) is 2.24. The van der Waals surface area contributed by atoms with Gasteiger partial charge < -0.3 is 4.74 Å².